The second-order valence-corrected chi connectivity index (χ2v) is 4.46. The SMILES string of the molecule is Cc1ccncc1CNc1c(C)cccc1C(=O)O. The number of nitrogens with one attached hydrogen (secondary N) is 1. The van der Waals surface area contributed by atoms with Crippen molar-refractivity contribution in [3.8, 4) is 0 Å². The molecule has 4 nitrogen and oxygen atoms in total. The molecule has 0 bridgehead atoms. The van der Waals surface area contributed by atoms with Crippen molar-refractivity contribution in [2.75, 3.05) is 5.32 Å². The molecule has 0 radical (unpaired) electrons. The Balaban J connectivity index is 2.25. The maximum atomic E-state index is 11.2. The topological polar surface area (TPSA) is 62.2 Å². The van der Waals surface area contributed by atoms with E-state index in [4.69, 9.17) is 0 Å². The average Bonchev–Trinajstić information content (AvgIpc) is 2.38. The van der Waals surface area contributed by atoms with Crippen LogP contribution in [0.3, 0.4) is 0 Å². The van der Waals surface area contributed by atoms with Crippen LogP contribution in [-0.2, 0) is 6.54 Å². The Bertz CT molecular complexity index is 609. The highest BCUT2D eigenvalue weighted by Crippen LogP contribution is 2.21. The molecule has 0 aliphatic carbocycles. The van der Waals surface area contributed by atoms with Gasteiger partial charge in [-0.05, 0) is 42.7 Å². The fourth-order valence-corrected chi connectivity index (χ4v) is 1.95. The van der Waals surface area contributed by atoms with Crippen molar-refractivity contribution in [1.29, 1.82) is 0 Å². The van der Waals surface area contributed by atoms with Crippen LogP contribution in [-0.4, -0.2) is 16.1 Å². The van der Waals surface area contributed by atoms with E-state index in [0.29, 0.717) is 17.8 Å². The van der Waals surface area contributed by atoms with Gasteiger partial charge in [0.15, 0.2) is 0 Å². The number of pyridine rings is 1. The van der Waals surface area contributed by atoms with Crippen molar-refractivity contribution in [2.24, 2.45) is 0 Å². The summed E-state index contributed by atoms with van der Waals surface area (Å²) >= 11 is 0. The smallest absolute Gasteiger partial charge is 0.337 e. The van der Waals surface area contributed by atoms with Crippen LogP contribution in [0, 0.1) is 13.8 Å². The van der Waals surface area contributed by atoms with E-state index in [1.807, 2.05) is 26.0 Å². The molecule has 0 atom stereocenters. The normalized spacial score (nSPS) is 10.2. The first-order chi connectivity index (χ1) is 9.09. The molecule has 4 heteroatoms. The van der Waals surface area contributed by atoms with Crippen molar-refractivity contribution < 1.29 is 9.90 Å². The Morgan fingerprint density at radius 2 is 2.05 bits per heavy atom. The molecule has 98 valence electrons. The predicted octanol–water partition coefficient (Wildman–Crippen LogP) is 3.01. The number of anilines is 1. The Hall–Kier alpha value is -2.36. The highest BCUT2D eigenvalue weighted by atomic mass is 16.4. The third kappa shape index (κ3) is 2.91. The molecule has 0 fully saturated rings. The molecule has 0 unspecified atom stereocenters. The van der Waals surface area contributed by atoms with Gasteiger partial charge in [0.2, 0.25) is 0 Å². The van der Waals surface area contributed by atoms with Crippen LogP contribution in [0.5, 0.6) is 0 Å². The first-order valence-electron chi connectivity index (χ1n) is 6.06. The molecular formula is C15H16N2O2. The summed E-state index contributed by atoms with van der Waals surface area (Å²) in [6.07, 6.45) is 3.54. The van der Waals surface area contributed by atoms with Gasteiger partial charge >= 0.3 is 5.97 Å². The summed E-state index contributed by atoms with van der Waals surface area (Å²) in [7, 11) is 0. The molecule has 0 aliphatic heterocycles. The Morgan fingerprint density at radius 3 is 2.74 bits per heavy atom. The highest BCUT2D eigenvalue weighted by molar-refractivity contribution is 5.95. The van der Waals surface area contributed by atoms with Crippen LogP contribution in [0.4, 0.5) is 5.69 Å². The zero-order chi connectivity index (χ0) is 13.8. The molecule has 2 N–H and O–H groups in total. The molecule has 0 saturated carbocycles. The van der Waals surface area contributed by atoms with E-state index < -0.39 is 5.97 Å². The second kappa shape index (κ2) is 5.52. The maximum absolute atomic E-state index is 11.2. The minimum Gasteiger partial charge on any atom is -0.478 e. The van der Waals surface area contributed by atoms with E-state index in [2.05, 4.69) is 10.3 Å². The number of aryl methyl sites for hydroxylation is 2. The lowest BCUT2D eigenvalue weighted by molar-refractivity contribution is 0.0698. The Morgan fingerprint density at radius 1 is 1.26 bits per heavy atom. The van der Waals surface area contributed by atoms with E-state index in [1.165, 1.54) is 0 Å². The van der Waals surface area contributed by atoms with E-state index in [1.54, 1.807) is 24.5 Å². The molecule has 2 aromatic rings. The molecule has 2 rings (SSSR count). The second-order valence-electron chi connectivity index (χ2n) is 4.46. The number of carboxylic acids is 1. The molecule has 1 aromatic carbocycles. The number of para-hydroxylation sites is 1. The van der Waals surface area contributed by atoms with Crippen LogP contribution in [0.15, 0.2) is 36.7 Å². The van der Waals surface area contributed by atoms with Crippen molar-refractivity contribution in [1.82, 2.24) is 4.98 Å². The standard InChI is InChI=1S/C15H16N2O2/c1-10-6-7-16-8-12(10)9-17-14-11(2)4-3-5-13(14)15(18)19/h3-8,17H,9H2,1-2H3,(H,18,19). The van der Waals surface area contributed by atoms with Gasteiger partial charge in [0.1, 0.15) is 0 Å². The van der Waals surface area contributed by atoms with Gasteiger partial charge in [-0.15, -0.1) is 0 Å². The summed E-state index contributed by atoms with van der Waals surface area (Å²) in [5.74, 6) is -0.922. The maximum Gasteiger partial charge on any atom is 0.337 e. The number of hydrogen-bond donors (Lipinski definition) is 2. The van der Waals surface area contributed by atoms with Gasteiger partial charge in [-0.2, -0.15) is 0 Å². The van der Waals surface area contributed by atoms with Crippen molar-refractivity contribution in [2.45, 2.75) is 20.4 Å². The van der Waals surface area contributed by atoms with Crippen LogP contribution < -0.4 is 5.32 Å². The van der Waals surface area contributed by atoms with Crippen LogP contribution >= 0.6 is 0 Å². The van der Waals surface area contributed by atoms with Gasteiger partial charge in [0, 0.05) is 18.9 Å². The van der Waals surface area contributed by atoms with Gasteiger partial charge in [-0.25, -0.2) is 4.79 Å². The molecule has 0 saturated heterocycles. The lowest BCUT2D eigenvalue weighted by Crippen LogP contribution is -2.08. The van der Waals surface area contributed by atoms with Gasteiger partial charge in [-0.3, -0.25) is 4.98 Å². The number of nitrogens with zero attached hydrogens (tertiary/aromatic N) is 1. The molecule has 0 aliphatic rings. The average molecular weight is 256 g/mol. The minimum atomic E-state index is -0.922. The predicted molar refractivity (Wildman–Crippen MR) is 74.4 cm³/mol. The van der Waals surface area contributed by atoms with Gasteiger partial charge < -0.3 is 10.4 Å². The third-order valence-corrected chi connectivity index (χ3v) is 3.11. The Labute approximate surface area is 112 Å². The number of carbonyl (C=O) groups is 1. The van der Waals surface area contributed by atoms with E-state index >= 15 is 0 Å². The summed E-state index contributed by atoms with van der Waals surface area (Å²) in [6, 6.07) is 7.19. The van der Waals surface area contributed by atoms with E-state index in [9.17, 15) is 9.90 Å². The quantitative estimate of drug-likeness (QED) is 0.882. The third-order valence-electron chi connectivity index (χ3n) is 3.11. The fourth-order valence-electron chi connectivity index (χ4n) is 1.95. The minimum absolute atomic E-state index is 0.293. The van der Waals surface area contributed by atoms with Crippen molar-refractivity contribution >= 4 is 11.7 Å². The lowest BCUT2D eigenvalue weighted by atomic mass is 10.1. The van der Waals surface area contributed by atoms with E-state index in [-0.39, 0.29) is 0 Å². The monoisotopic (exact) mass is 256 g/mol. The fraction of sp³-hybridized carbons (Fsp3) is 0.200. The lowest BCUT2D eigenvalue weighted by Gasteiger charge is -2.13. The number of rotatable bonds is 4. The van der Waals surface area contributed by atoms with Crippen molar-refractivity contribution in [3.63, 3.8) is 0 Å². The number of benzene rings is 1. The first kappa shape index (κ1) is 13.1. The van der Waals surface area contributed by atoms with E-state index in [0.717, 1.165) is 16.7 Å². The number of aromatic nitrogens is 1. The summed E-state index contributed by atoms with van der Waals surface area (Å²) in [6.45, 7) is 4.46. The van der Waals surface area contributed by atoms with Gasteiger partial charge in [0.25, 0.3) is 0 Å². The van der Waals surface area contributed by atoms with Crippen LogP contribution in [0.1, 0.15) is 27.0 Å². The van der Waals surface area contributed by atoms with Crippen LogP contribution in [0.25, 0.3) is 0 Å². The summed E-state index contributed by atoms with van der Waals surface area (Å²) < 4.78 is 0. The highest BCUT2D eigenvalue weighted by Gasteiger charge is 2.11. The van der Waals surface area contributed by atoms with Crippen molar-refractivity contribution in [3.05, 3.63) is 58.9 Å². The Kier molecular flexibility index (Phi) is 3.80. The van der Waals surface area contributed by atoms with Gasteiger partial charge in [0.05, 0.1) is 11.3 Å². The number of carboxylic acid groups (broad SMARTS) is 1. The summed E-state index contributed by atoms with van der Waals surface area (Å²) in [5.41, 5.74) is 4.07. The largest absolute Gasteiger partial charge is 0.478 e. The number of aromatic carboxylic acids is 1. The first-order valence-corrected chi connectivity index (χ1v) is 6.06. The summed E-state index contributed by atoms with van der Waals surface area (Å²) in [4.78, 5) is 15.3. The molecule has 1 aromatic heterocycles. The van der Waals surface area contributed by atoms with Gasteiger partial charge in [-0.1, -0.05) is 12.1 Å². The molecular weight excluding hydrogens is 240 g/mol. The van der Waals surface area contributed by atoms with Crippen LogP contribution in [0.2, 0.25) is 0 Å². The molecule has 0 amide bonds. The molecule has 19 heavy (non-hydrogen) atoms. The summed E-state index contributed by atoms with van der Waals surface area (Å²) in [5, 5.41) is 12.4. The zero-order valence-corrected chi connectivity index (χ0v) is 11.0. The molecule has 0 spiro atoms. The number of hydrogen-bond acceptors (Lipinski definition) is 3. The zero-order valence-electron chi connectivity index (χ0n) is 11.0. The molecule has 1 heterocycles.